The molecule has 20 heavy (non-hydrogen) atoms. The monoisotopic (exact) mass is 263 g/mol. The van der Waals surface area contributed by atoms with Gasteiger partial charge in [-0.15, -0.1) is 0 Å². The zero-order valence-corrected chi connectivity index (χ0v) is 11.5. The summed E-state index contributed by atoms with van der Waals surface area (Å²) in [6, 6.07) is 20.6. The molecule has 1 aromatic heterocycles. The Morgan fingerprint density at radius 3 is 1.95 bits per heavy atom. The van der Waals surface area contributed by atoms with Crippen LogP contribution in [0.4, 0.5) is 0 Å². The van der Waals surface area contributed by atoms with Crippen molar-refractivity contribution in [2.75, 3.05) is 0 Å². The summed E-state index contributed by atoms with van der Waals surface area (Å²) in [7, 11) is 0. The maximum absolute atomic E-state index is 5.91. The molecule has 0 aliphatic rings. The molecule has 0 saturated heterocycles. The van der Waals surface area contributed by atoms with E-state index in [-0.39, 0.29) is 0 Å². The standard InChI is InChI=1S/C18H17NO/c1-14-17(12-15-8-4-2-5-9-15)20-18(19-14)13-16-10-6-3-7-11-16/h2-11H,12-13H2,1H3. The van der Waals surface area contributed by atoms with Gasteiger partial charge in [0.1, 0.15) is 5.76 Å². The van der Waals surface area contributed by atoms with Crippen molar-refractivity contribution in [2.45, 2.75) is 19.8 Å². The van der Waals surface area contributed by atoms with Crippen molar-refractivity contribution in [3.8, 4) is 0 Å². The lowest BCUT2D eigenvalue weighted by molar-refractivity contribution is 0.471. The summed E-state index contributed by atoms with van der Waals surface area (Å²) in [5, 5.41) is 0. The van der Waals surface area contributed by atoms with Crippen molar-refractivity contribution < 1.29 is 4.42 Å². The van der Waals surface area contributed by atoms with Crippen molar-refractivity contribution in [1.29, 1.82) is 0 Å². The van der Waals surface area contributed by atoms with E-state index in [9.17, 15) is 0 Å². The first-order chi connectivity index (χ1) is 9.81. The van der Waals surface area contributed by atoms with E-state index in [0.717, 1.165) is 30.2 Å². The highest BCUT2D eigenvalue weighted by molar-refractivity contribution is 5.24. The zero-order valence-electron chi connectivity index (χ0n) is 11.5. The largest absolute Gasteiger partial charge is 0.445 e. The van der Waals surface area contributed by atoms with Crippen molar-refractivity contribution in [2.24, 2.45) is 0 Å². The second kappa shape index (κ2) is 5.74. The van der Waals surface area contributed by atoms with E-state index in [1.165, 1.54) is 11.1 Å². The molecule has 100 valence electrons. The third-order valence-corrected chi connectivity index (χ3v) is 3.34. The average Bonchev–Trinajstić information content (AvgIpc) is 2.81. The third kappa shape index (κ3) is 2.97. The van der Waals surface area contributed by atoms with Gasteiger partial charge in [-0.05, 0) is 18.1 Å². The first-order valence-corrected chi connectivity index (χ1v) is 6.84. The van der Waals surface area contributed by atoms with Gasteiger partial charge in [0, 0.05) is 12.8 Å². The van der Waals surface area contributed by atoms with Gasteiger partial charge in [0.2, 0.25) is 0 Å². The fourth-order valence-corrected chi connectivity index (χ4v) is 2.28. The molecule has 1 heterocycles. The molecule has 0 atom stereocenters. The Balaban J connectivity index is 1.77. The van der Waals surface area contributed by atoms with E-state index in [4.69, 9.17) is 4.42 Å². The number of benzene rings is 2. The molecule has 0 spiro atoms. The van der Waals surface area contributed by atoms with E-state index >= 15 is 0 Å². The van der Waals surface area contributed by atoms with Crippen LogP contribution in [0.25, 0.3) is 0 Å². The topological polar surface area (TPSA) is 26.0 Å². The lowest BCUT2D eigenvalue weighted by atomic mass is 10.1. The number of hydrogen-bond donors (Lipinski definition) is 0. The normalized spacial score (nSPS) is 10.7. The van der Waals surface area contributed by atoms with Crippen LogP contribution in [0.2, 0.25) is 0 Å². The number of nitrogens with zero attached hydrogens (tertiary/aromatic N) is 1. The Hall–Kier alpha value is -2.35. The van der Waals surface area contributed by atoms with Crippen LogP contribution >= 0.6 is 0 Å². The Morgan fingerprint density at radius 1 is 0.800 bits per heavy atom. The number of aromatic nitrogens is 1. The molecule has 0 amide bonds. The Bertz CT molecular complexity index is 671. The summed E-state index contributed by atoms with van der Waals surface area (Å²) >= 11 is 0. The van der Waals surface area contributed by atoms with E-state index in [1.807, 2.05) is 43.3 Å². The van der Waals surface area contributed by atoms with Gasteiger partial charge in [-0.2, -0.15) is 0 Å². The predicted molar refractivity (Wildman–Crippen MR) is 79.7 cm³/mol. The lowest BCUT2D eigenvalue weighted by Crippen LogP contribution is -1.87. The molecule has 2 nitrogen and oxygen atoms in total. The molecule has 0 saturated carbocycles. The summed E-state index contributed by atoms with van der Waals surface area (Å²) in [6.07, 6.45) is 1.55. The minimum Gasteiger partial charge on any atom is -0.445 e. The van der Waals surface area contributed by atoms with Gasteiger partial charge in [-0.25, -0.2) is 4.98 Å². The molecule has 2 heteroatoms. The third-order valence-electron chi connectivity index (χ3n) is 3.34. The highest BCUT2D eigenvalue weighted by Gasteiger charge is 2.10. The second-order valence-electron chi connectivity index (χ2n) is 4.94. The minimum atomic E-state index is 0.746. The van der Waals surface area contributed by atoms with Crippen molar-refractivity contribution in [1.82, 2.24) is 4.98 Å². The smallest absolute Gasteiger partial charge is 0.199 e. The van der Waals surface area contributed by atoms with Crippen molar-refractivity contribution in [3.05, 3.63) is 89.1 Å². The van der Waals surface area contributed by atoms with Crippen LogP contribution in [0.15, 0.2) is 65.1 Å². The molecule has 3 aromatic rings. The van der Waals surface area contributed by atoms with Gasteiger partial charge in [-0.3, -0.25) is 0 Å². The van der Waals surface area contributed by atoms with Gasteiger partial charge in [0.05, 0.1) is 5.69 Å². The molecule has 2 aromatic carbocycles. The lowest BCUT2D eigenvalue weighted by Gasteiger charge is -1.98. The number of oxazole rings is 1. The molecule has 0 aliphatic heterocycles. The average molecular weight is 263 g/mol. The second-order valence-corrected chi connectivity index (χ2v) is 4.94. The van der Waals surface area contributed by atoms with Crippen LogP contribution < -0.4 is 0 Å². The van der Waals surface area contributed by atoms with Gasteiger partial charge >= 0.3 is 0 Å². The fourth-order valence-electron chi connectivity index (χ4n) is 2.28. The van der Waals surface area contributed by atoms with E-state index in [1.54, 1.807) is 0 Å². The van der Waals surface area contributed by atoms with Crippen LogP contribution in [0.3, 0.4) is 0 Å². The van der Waals surface area contributed by atoms with Crippen LogP contribution in [0.5, 0.6) is 0 Å². The maximum atomic E-state index is 5.91. The Labute approximate surface area is 119 Å². The van der Waals surface area contributed by atoms with Crippen LogP contribution in [-0.2, 0) is 12.8 Å². The minimum absolute atomic E-state index is 0.746. The van der Waals surface area contributed by atoms with E-state index in [2.05, 4.69) is 29.2 Å². The SMILES string of the molecule is Cc1nc(Cc2ccccc2)oc1Cc1ccccc1. The first-order valence-electron chi connectivity index (χ1n) is 6.84. The van der Waals surface area contributed by atoms with Crippen molar-refractivity contribution >= 4 is 0 Å². The Kier molecular flexibility index (Phi) is 3.64. The molecule has 0 radical (unpaired) electrons. The number of rotatable bonds is 4. The van der Waals surface area contributed by atoms with Crippen LogP contribution in [0.1, 0.15) is 28.5 Å². The summed E-state index contributed by atoms with van der Waals surface area (Å²) in [6.45, 7) is 2.01. The molecular weight excluding hydrogens is 246 g/mol. The fraction of sp³-hybridized carbons (Fsp3) is 0.167. The summed E-state index contributed by atoms with van der Waals surface area (Å²) < 4.78 is 5.91. The maximum Gasteiger partial charge on any atom is 0.199 e. The van der Waals surface area contributed by atoms with E-state index in [0.29, 0.717) is 0 Å². The molecule has 3 rings (SSSR count). The van der Waals surface area contributed by atoms with Crippen LogP contribution in [-0.4, -0.2) is 4.98 Å². The van der Waals surface area contributed by atoms with Gasteiger partial charge in [0.15, 0.2) is 5.89 Å². The van der Waals surface area contributed by atoms with Gasteiger partial charge in [0.25, 0.3) is 0 Å². The Morgan fingerprint density at radius 2 is 1.35 bits per heavy atom. The molecule has 0 N–H and O–H groups in total. The molecule has 0 unspecified atom stereocenters. The molecule has 0 aliphatic carbocycles. The van der Waals surface area contributed by atoms with Gasteiger partial charge in [-0.1, -0.05) is 60.7 Å². The summed E-state index contributed by atoms with van der Waals surface area (Å²) in [5.74, 6) is 1.75. The predicted octanol–water partition coefficient (Wildman–Crippen LogP) is 4.16. The molecule has 0 bridgehead atoms. The van der Waals surface area contributed by atoms with Crippen molar-refractivity contribution in [3.63, 3.8) is 0 Å². The molecular formula is C18H17NO. The van der Waals surface area contributed by atoms with Crippen LogP contribution in [0, 0.1) is 6.92 Å². The number of aryl methyl sites for hydroxylation is 1. The summed E-state index contributed by atoms with van der Waals surface area (Å²) in [5.41, 5.74) is 3.46. The molecule has 0 fully saturated rings. The quantitative estimate of drug-likeness (QED) is 0.706. The zero-order chi connectivity index (χ0) is 13.8. The summed E-state index contributed by atoms with van der Waals surface area (Å²) in [4.78, 5) is 4.54. The number of hydrogen-bond acceptors (Lipinski definition) is 2. The highest BCUT2D eigenvalue weighted by atomic mass is 16.4. The van der Waals surface area contributed by atoms with Gasteiger partial charge < -0.3 is 4.42 Å². The first kappa shape index (κ1) is 12.7. The van der Waals surface area contributed by atoms with E-state index < -0.39 is 0 Å². The highest BCUT2D eigenvalue weighted by Crippen LogP contribution is 2.17.